The molecular weight excluding hydrogens is 648 g/mol. The third-order valence-corrected chi connectivity index (χ3v) is 9.05. The van der Waals surface area contributed by atoms with Crippen LogP contribution in [-0.4, -0.2) is 115 Å². The number of imidazole rings is 1. The summed E-state index contributed by atoms with van der Waals surface area (Å²) in [5.41, 5.74) is 5.51. The zero-order valence-electron chi connectivity index (χ0n) is 26.2. The number of H-pyrrole nitrogens is 1. The number of primary sulfonamides is 1. The van der Waals surface area contributed by atoms with E-state index in [1.807, 2.05) is 0 Å². The quantitative estimate of drug-likeness (QED) is 0.0658. The van der Waals surface area contributed by atoms with E-state index in [0.717, 1.165) is 23.1 Å². The van der Waals surface area contributed by atoms with Crippen LogP contribution in [0.3, 0.4) is 0 Å². The molecule has 258 valence electrons. The Bertz CT molecular complexity index is 1980. The molecule has 0 radical (unpaired) electrons. The number of carbonyl (C=O) groups excluding carboxylic acids is 1. The molecule has 0 aliphatic heterocycles. The molecule has 3 aromatic carbocycles. The minimum absolute atomic E-state index is 0.0450. The monoisotopic (exact) mass is 686 g/mol. The second kappa shape index (κ2) is 13.5. The van der Waals surface area contributed by atoms with E-state index in [9.17, 15) is 43.9 Å². The molecule has 4 rings (SSSR count). The van der Waals surface area contributed by atoms with Gasteiger partial charge in [-0.1, -0.05) is 0 Å². The van der Waals surface area contributed by atoms with Crippen LogP contribution < -0.4 is 10.9 Å². The number of phenolic OH excluding ortho intramolecular Hbond substituents is 2. The van der Waals surface area contributed by atoms with E-state index in [-0.39, 0.29) is 38.8 Å². The highest BCUT2D eigenvalue weighted by Crippen LogP contribution is 2.45. The van der Waals surface area contributed by atoms with Gasteiger partial charge in [0, 0.05) is 30.3 Å². The molecule has 0 fully saturated rings. The number of sulfonamides is 1. The van der Waals surface area contributed by atoms with Crippen LogP contribution in [0.4, 0.5) is 0 Å². The Hall–Kier alpha value is -4.62. The predicted octanol–water partition coefficient (Wildman–Crippen LogP) is -0.589. The summed E-state index contributed by atoms with van der Waals surface area (Å²) in [4.78, 5) is 22.2. The molecule has 16 nitrogen and oxygen atoms in total. The first-order chi connectivity index (χ1) is 22.3. The van der Waals surface area contributed by atoms with Gasteiger partial charge in [0.2, 0.25) is 15.9 Å². The Morgan fingerprint density at radius 2 is 1.60 bits per heavy atom. The van der Waals surface area contributed by atoms with Crippen molar-refractivity contribution in [3.8, 4) is 34.0 Å². The van der Waals surface area contributed by atoms with Gasteiger partial charge in [-0.3, -0.25) is 10.2 Å². The molecule has 1 heterocycles. The summed E-state index contributed by atoms with van der Waals surface area (Å²) in [6.07, 6.45) is -7.29. The van der Waals surface area contributed by atoms with Gasteiger partial charge in [0.25, 0.3) is 0 Å². The molecule has 1 aromatic heterocycles. The molecule has 17 heteroatoms. The standard InChI is InChI=1S/C31H38N6O10S/c1-31(2,30(45)37(3)12-23(40)26(43)27(44)24(41)13-38)15-9-18(17-11-16(48(34,46)47)5-7-22(17)39)25(42)19(10-15)29-35-20-6-4-14(28(32)33)8-21(20)36-29/h4-11,23-24,26-27,38-44H,12-13H2,1-3H3,(H3,32,33)(H,35,36)(H2,34,46,47)/t23-,24+,26+,27+/m0/s1. The first-order valence-electron chi connectivity index (χ1n) is 14.4. The van der Waals surface area contributed by atoms with E-state index < -0.39 is 70.4 Å². The van der Waals surface area contributed by atoms with Crippen molar-refractivity contribution >= 4 is 32.8 Å². The lowest BCUT2D eigenvalue weighted by molar-refractivity contribution is -0.142. The number of nitrogens with zero attached hydrogens (tertiary/aromatic N) is 2. The number of hydrogen-bond donors (Lipinski definition) is 11. The number of carbonyl (C=O) groups is 1. The van der Waals surface area contributed by atoms with Gasteiger partial charge in [-0.05, 0) is 67.9 Å². The molecule has 0 unspecified atom stereocenters. The molecule has 0 spiro atoms. The molecule has 4 atom stereocenters. The van der Waals surface area contributed by atoms with E-state index in [4.69, 9.17) is 21.4 Å². The SMILES string of the molecule is CN(C[C@H](O)[C@@H](O)[C@H](O)[C@H](O)CO)C(=O)C(C)(C)c1cc(-c2nc3ccc(C(=N)N)cc3[nH]2)c(O)c(-c2cc(S(N)(=O)=O)ccc2O)c1. The maximum Gasteiger partial charge on any atom is 0.238 e. The number of aliphatic hydroxyl groups excluding tert-OH is 5. The molecule has 48 heavy (non-hydrogen) atoms. The van der Waals surface area contributed by atoms with Crippen LogP contribution in [0.5, 0.6) is 11.5 Å². The second-order valence-electron chi connectivity index (χ2n) is 12.0. The maximum absolute atomic E-state index is 13.9. The van der Waals surface area contributed by atoms with Crippen LogP contribution in [0.15, 0.2) is 53.4 Å². The number of aliphatic hydroxyl groups is 5. The predicted molar refractivity (Wildman–Crippen MR) is 174 cm³/mol. The van der Waals surface area contributed by atoms with Crippen LogP contribution in [0.25, 0.3) is 33.5 Å². The zero-order valence-corrected chi connectivity index (χ0v) is 27.0. The third kappa shape index (κ3) is 7.12. The number of nitrogens with one attached hydrogen (secondary N) is 2. The molecule has 1 amide bonds. The van der Waals surface area contributed by atoms with Gasteiger partial charge in [0.1, 0.15) is 47.6 Å². The van der Waals surface area contributed by atoms with Gasteiger partial charge in [0.05, 0.1) is 33.5 Å². The first kappa shape index (κ1) is 36.2. The Balaban J connectivity index is 1.87. The normalized spacial score (nSPS) is 14.8. The number of fused-ring (bicyclic) bond motifs is 1. The van der Waals surface area contributed by atoms with Crippen molar-refractivity contribution in [3.05, 3.63) is 59.7 Å². The number of likely N-dealkylation sites (N-methyl/N-ethyl adjacent to an activating group) is 1. The molecule has 4 aromatic rings. The lowest BCUT2D eigenvalue weighted by Gasteiger charge is -2.33. The van der Waals surface area contributed by atoms with Crippen molar-refractivity contribution in [2.75, 3.05) is 20.2 Å². The Morgan fingerprint density at radius 3 is 2.21 bits per heavy atom. The Labute approximate surface area is 275 Å². The fraction of sp³-hybridized carbons (Fsp3) is 0.323. The topological polar surface area (TPSA) is 301 Å². The number of rotatable bonds is 12. The van der Waals surface area contributed by atoms with Gasteiger partial charge in [0.15, 0.2) is 0 Å². The second-order valence-corrected chi connectivity index (χ2v) is 13.5. The number of nitrogens with two attached hydrogens (primary N) is 2. The minimum Gasteiger partial charge on any atom is -0.507 e. The van der Waals surface area contributed by atoms with Gasteiger partial charge < -0.3 is 51.4 Å². The molecule has 13 N–H and O–H groups in total. The lowest BCUT2D eigenvalue weighted by atomic mass is 9.80. The molecule has 0 saturated heterocycles. The highest BCUT2D eigenvalue weighted by atomic mass is 32.2. The molecule has 0 bridgehead atoms. The average Bonchev–Trinajstić information content (AvgIpc) is 3.46. The summed E-state index contributed by atoms with van der Waals surface area (Å²) < 4.78 is 24.3. The van der Waals surface area contributed by atoms with Crippen molar-refractivity contribution in [2.45, 2.75) is 48.6 Å². The van der Waals surface area contributed by atoms with Crippen LogP contribution in [0.2, 0.25) is 0 Å². The van der Waals surface area contributed by atoms with Crippen LogP contribution in [0, 0.1) is 5.41 Å². The van der Waals surface area contributed by atoms with Crippen molar-refractivity contribution in [2.24, 2.45) is 10.9 Å². The van der Waals surface area contributed by atoms with Crippen molar-refractivity contribution in [1.82, 2.24) is 14.9 Å². The number of benzene rings is 3. The number of aromatic hydroxyl groups is 2. The number of hydrogen-bond acceptors (Lipinski definition) is 12. The summed E-state index contributed by atoms with van der Waals surface area (Å²) in [7, 11) is -2.92. The number of aromatic amines is 1. The number of aromatic nitrogens is 2. The van der Waals surface area contributed by atoms with Crippen LogP contribution in [0.1, 0.15) is 25.0 Å². The summed E-state index contributed by atoms with van der Waals surface area (Å²) in [5, 5.41) is 84.9. The van der Waals surface area contributed by atoms with E-state index in [0.29, 0.717) is 16.6 Å². The Kier molecular flexibility index (Phi) is 10.2. The number of phenols is 2. The number of nitrogen functional groups attached to an aromatic ring is 1. The highest BCUT2D eigenvalue weighted by molar-refractivity contribution is 7.89. The van der Waals surface area contributed by atoms with E-state index in [2.05, 4.69) is 9.97 Å². The van der Waals surface area contributed by atoms with Crippen molar-refractivity contribution < 1.29 is 49.0 Å². The van der Waals surface area contributed by atoms with E-state index >= 15 is 0 Å². The van der Waals surface area contributed by atoms with E-state index in [1.54, 1.807) is 18.2 Å². The number of amidine groups is 1. The minimum atomic E-state index is -4.24. The molecular formula is C31H38N6O10S. The fourth-order valence-electron chi connectivity index (χ4n) is 5.23. The molecule has 0 aliphatic rings. The van der Waals surface area contributed by atoms with Gasteiger partial charge in [-0.15, -0.1) is 0 Å². The number of amides is 1. The Morgan fingerprint density at radius 1 is 0.979 bits per heavy atom. The average molecular weight is 687 g/mol. The van der Waals surface area contributed by atoms with Gasteiger partial charge in [-0.2, -0.15) is 0 Å². The first-order valence-corrected chi connectivity index (χ1v) is 16.0. The van der Waals surface area contributed by atoms with Crippen LogP contribution in [-0.2, 0) is 20.2 Å². The van der Waals surface area contributed by atoms with Crippen molar-refractivity contribution in [3.63, 3.8) is 0 Å². The van der Waals surface area contributed by atoms with Crippen molar-refractivity contribution in [1.29, 1.82) is 5.41 Å². The summed E-state index contributed by atoms with van der Waals surface area (Å²) in [6.45, 7) is 1.67. The fourth-order valence-corrected chi connectivity index (χ4v) is 5.77. The molecule has 0 aliphatic carbocycles. The lowest BCUT2D eigenvalue weighted by Crippen LogP contribution is -2.51. The van der Waals surface area contributed by atoms with Crippen LogP contribution >= 0.6 is 0 Å². The molecule has 0 saturated carbocycles. The highest BCUT2D eigenvalue weighted by Gasteiger charge is 2.37. The van der Waals surface area contributed by atoms with Gasteiger partial charge >= 0.3 is 0 Å². The van der Waals surface area contributed by atoms with E-state index in [1.165, 1.54) is 33.0 Å². The summed E-state index contributed by atoms with van der Waals surface area (Å²) in [5.74, 6) is -1.56. The third-order valence-electron chi connectivity index (χ3n) is 8.13. The maximum atomic E-state index is 13.9. The zero-order chi connectivity index (χ0) is 35.9. The summed E-state index contributed by atoms with van der Waals surface area (Å²) >= 11 is 0. The van der Waals surface area contributed by atoms with Gasteiger partial charge in [-0.25, -0.2) is 18.5 Å². The largest absolute Gasteiger partial charge is 0.507 e. The smallest absolute Gasteiger partial charge is 0.238 e. The summed E-state index contributed by atoms with van der Waals surface area (Å²) in [6, 6.07) is 10.8.